The van der Waals surface area contributed by atoms with Gasteiger partial charge in [0.15, 0.2) is 0 Å². The highest BCUT2D eigenvalue weighted by molar-refractivity contribution is 9.10. The Kier molecular flexibility index (Phi) is 4.98. The summed E-state index contributed by atoms with van der Waals surface area (Å²) in [5.41, 5.74) is 2.65. The molecule has 0 aliphatic carbocycles. The lowest BCUT2D eigenvalue weighted by Crippen LogP contribution is -2.40. The Labute approximate surface area is 123 Å². The lowest BCUT2D eigenvalue weighted by Gasteiger charge is -2.36. The van der Waals surface area contributed by atoms with Crippen molar-refractivity contribution in [1.29, 1.82) is 0 Å². The van der Waals surface area contributed by atoms with Crippen molar-refractivity contribution in [2.75, 3.05) is 25.0 Å². The fraction of sp³-hybridized carbons (Fsp3) is 0.571. The molecule has 1 N–H and O–H groups in total. The maximum absolute atomic E-state index is 3.67. The fourth-order valence-corrected chi connectivity index (χ4v) is 4.29. The highest BCUT2D eigenvalue weighted by Gasteiger charge is 2.22. The Morgan fingerprint density at radius 3 is 2.56 bits per heavy atom. The first-order chi connectivity index (χ1) is 8.60. The average Bonchev–Trinajstić information content (AvgIpc) is 2.30. The van der Waals surface area contributed by atoms with Crippen LogP contribution in [0, 0.1) is 0 Å². The van der Waals surface area contributed by atoms with Crippen molar-refractivity contribution in [1.82, 2.24) is 5.32 Å². The van der Waals surface area contributed by atoms with Crippen LogP contribution in [0.4, 0.5) is 5.69 Å². The van der Waals surface area contributed by atoms with Crippen LogP contribution >= 0.6 is 27.7 Å². The van der Waals surface area contributed by atoms with E-state index in [2.05, 4.69) is 70.0 Å². The molecule has 0 spiro atoms. The van der Waals surface area contributed by atoms with E-state index in [9.17, 15) is 0 Å². The molecule has 1 aromatic carbocycles. The van der Waals surface area contributed by atoms with Gasteiger partial charge in [-0.25, -0.2) is 0 Å². The minimum Gasteiger partial charge on any atom is -0.369 e. The molecule has 0 amide bonds. The molecule has 2 nitrogen and oxygen atoms in total. The van der Waals surface area contributed by atoms with Crippen LogP contribution in [0.15, 0.2) is 22.7 Å². The number of thioether (sulfide) groups is 1. The Morgan fingerprint density at radius 2 is 2.00 bits per heavy atom. The van der Waals surface area contributed by atoms with Gasteiger partial charge in [0.1, 0.15) is 0 Å². The molecule has 1 saturated heterocycles. The summed E-state index contributed by atoms with van der Waals surface area (Å²) in [7, 11) is 1.98. The minimum absolute atomic E-state index is 0.713. The molecule has 4 heteroatoms. The molecule has 2 atom stereocenters. The van der Waals surface area contributed by atoms with E-state index in [-0.39, 0.29) is 0 Å². The topological polar surface area (TPSA) is 15.3 Å². The molecule has 0 aromatic heterocycles. The van der Waals surface area contributed by atoms with Gasteiger partial charge in [-0.05, 0) is 24.7 Å². The van der Waals surface area contributed by atoms with Crippen LogP contribution in [0.2, 0.25) is 0 Å². The lowest BCUT2D eigenvalue weighted by atomic mass is 10.2. The molecule has 100 valence electrons. The predicted molar refractivity (Wildman–Crippen MR) is 85.6 cm³/mol. The zero-order valence-electron chi connectivity index (χ0n) is 11.2. The van der Waals surface area contributed by atoms with Gasteiger partial charge in [0.2, 0.25) is 0 Å². The van der Waals surface area contributed by atoms with E-state index in [0.717, 1.165) is 19.6 Å². The van der Waals surface area contributed by atoms with Crippen LogP contribution in [0.1, 0.15) is 19.4 Å². The molecule has 0 saturated carbocycles. The van der Waals surface area contributed by atoms with E-state index in [1.54, 1.807) is 0 Å². The van der Waals surface area contributed by atoms with Crippen LogP contribution < -0.4 is 10.2 Å². The Balaban J connectivity index is 2.15. The molecule has 1 aliphatic heterocycles. The predicted octanol–water partition coefficient (Wildman–Crippen LogP) is 3.50. The third kappa shape index (κ3) is 3.43. The van der Waals surface area contributed by atoms with Crippen molar-refractivity contribution in [2.45, 2.75) is 30.9 Å². The maximum Gasteiger partial charge on any atom is 0.0378 e. The second kappa shape index (κ2) is 6.31. The zero-order chi connectivity index (χ0) is 13.1. The Hall–Kier alpha value is -0.190. The van der Waals surface area contributed by atoms with Crippen LogP contribution in [-0.2, 0) is 6.54 Å². The van der Waals surface area contributed by atoms with Crippen LogP contribution in [0.3, 0.4) is 0 Å². The van der Waals surface area contributed by atoms with Crippen LogP contribution in [0.5, 0.6) is 0 Å². The first-order valence-electron chi connectivity index (χ1n) is 6.43. The van der Waals surface area contributed by atoms with Gasteiger partial charge in [-0.2, -0.15) is 11.8 Å². The van der Waals surface area contributed by atoms with E-state index in [1.165, 1.54) is 15.7 Å². The van der Waals surface area contributed by atoms with E-state index >= 15 is 0 Å². The molecule has 1 fully saturated rings. The summed E-state index contributed by atoms with van der Waals surface area (Å²) in [4.78, 5) is 2.50. The van der Waals surface area contributed by atoms with Gasteiger partial charge in [0.25, 0.3) is 0 Å². The summed E-state index contributed by atoms with van der Waals surface area (Å²) in [5, 5.41) is 4.62. The van der Waals surface area contributed by atoms with Gasteiger partial charge in [0, 0.05) is 40.3 Å². The van der Waals surface area contributed by atoms with Crippen molar-refractivity contribution in [3.8, 4) is 0 Å². The third-order valence-electron chi connectivity index (χ3n) is 3.19. The van der Waals surface area contributed by atoms with Crippen molar-refractivity contribution >= 4 is 33.4 Å². The van der Waals surface area contributed by atoms with Crippen molar-refractivity contribution in [3.05, 3.63) is 28.2 Å². The standard InChI is InChI=1S/C14H21BrN2S/c1-10-8-17(9-11(2)18-10)13-5-4-12(7-16-3)14(15)6-13/h4-6,10-11,16H,7-9H2,1-3H3. The molecular weight excluding hydrogens is 308 g/mol. The van der Waals surface area contributed by atoms with Crippen LogP contribution in [-0.4, -0.2) is 30.6 Å². The quantitative estimate of drug-likeness (QED) is 0.914. The number of rotatable bonds is 3. The van der Waals surface area contributed by atoms with Crippen molar-refractivity contribution in [3.63, 3.8) is 0 Å². The second-order valence-corrected chi connectivity index (χ2v) is 7.70. The van der Waals surface area contributed by atoms with E-state index in [1.807, 2.05) is 7.05 Å². The summed E-state index contributed by atoms with van der Waals surface area (Å²) >= 11 is 5.76. The number of benzene rings is 1. The fourth-order valence-electron chi connectivity index (χ4n) is 2.46. The number of halogens is 1. The molecule has 2 rings (SSSR count). The average molecular weight is 329 g/mol. The maximum atomic E-state index is 3.67. The summed E-state index contributed by atoms with van der Waals surface area (Å²) < 4.78 is 1.20. The largest absolute Gasteiger partial charge is 0.369 e. The van der Waals surface area contributed by atoms with E-state index in [4.69, 9.17) is 0 Å². The van der Waals surface area contributed by atoms with Gasteiger partial charge in [0.05, 0.1) is 0 Å². The van der Waals surface area contributed by atoms with Gasteiger partial charge in [-0.1, -0.05) is 35.8 Å². The molecule has 0 bridgehead atoms. The van der Waals surface area contributed by atoms with Crippen LogP contribution in [0.25, 0.3) is 0 Å². The van der Waals surface area contributed by atoms with Gasteiger partial charge in [-0.15, -0.1) is 0 Å². The molecular formula is C14H21BrN2S. The number of nitrogens with one attached hydrogen (secondary N) is 1. The zero-order valence-corrected chi connectivity index (χ0v) is 13.6. The molecule has 2 unspecified atom stereocenters. The number of anilines is 1. The minimum atomic E-state index is 0.713. The van der Waals surface area contributed by atoms with Gasteiger partial charge < -0.3 is 10.2 Å². The highest BCUT2D eigenvalue weighted by Crippen LogP contribution is 2.30. The lowest BCUT2D eigenvalue weighted by molar-refractivity contribution is 0.727. The second-order valence-electron chi connectivity index (χ2n) is 4.97. The first kappa shape index (κ1) is 14.2. The number of nitrogens with zero attached hydrogens (tertiary/aromatic N) is 1. The summed E-state index contributed by atoms with van der Waals surface area (Å²) in [6.07, 6.45) is 0. The molecule has 1 heterocycles. The van der Waals surface area contributed by atoms with Crippen molar-refractivity contribution in [2.24, 2.45) is 0 Å². The summed E-state index contributed by atoms with van der Waals surface area (Å²) in [6.45, 7) is 7.83. The first-order valence-corrected chi connectivity index (χ1v) is 8.17. The van der Waals surface area contributed by atoms with Gasteiger partial charge >= 0.3 is 0 Å². The van der Waals surface area contributed by atoms with E-state index < -0.39 is 0 Å². The third-order valence-corrected chi connectivity index (χ3v) is 5.15. The smallest absolute Gasteiger partial charge is 0.0378 e. The molecule has 1 aromatic rings. The SMILES string of the molecule is CNCc1ccc(N2CC(C)SC(C)C2)cc1Br. The summed E-state index contributed by atoms with van der Waals surface area (Å²) in [6, 6.07) is 6.71. The Morgan fingerprint density at radius 1 is 1.33 bits per heavy atom. The Bertz CT molecular complexity index is 401. The molecule has 18 heavy (non-hydrogen) atoms. The molecule has 0 radical (unpaired) electrons. The number of hydrogen-bond acceptors (Lipinski definition) is 3. The summed E-state index contributed by atoms with van der Waals surface area (Å²) in [5.74, 6) is 0. The molecule has 1 aliphatic rings. The monoisotopic (exact) mass is 328 g/mol. The van der Waals surface area contributed by atoms with E-state index in [0.29, 0.717) is 10.5 Å². The van der Waals surface area contributed by atoms with Gasteiger partial charge in [-0.3, -0.25) is 0 Å². The highest BCUT2D eigenvalue weighted by atomic mass is 79.9. The normalized spacial score (nSPS) is 24.3. The van der Waals surface area contributed by atoms with Crippen molar-refractivity contribution < 1.29 is 0 Å². The number of hydrogen-bond donors (Lipinski definition) is 1.